The van der Waals surface area contributed by atoms with E-state index in [1.807, 2.05) is 0 Å². The molecule has 0 bridgehead atoms. The quantitative estimate of drug-likeness (QED) is 0.378. The molecule has 0 radical (unpaired) electrons. The molecule has 0 amide bonds. The molecule has 0 aliphatic heterocycles. The van der Waals surface area contributed by atoms with E-state index < -0.39 is 11.1 Å². The Hall–Kier alpha value is 0.320. The van der Waals surface area contributed by atoms with E-state index in [-0.39, 0.29) is 34.7 Å². The number of aromatic nitrogens is 2. The van der Waals surface area contributed by atoms with E-state index >= 15 is 0 Å². The van der Waals surface area contributed by atoms with Crippen molar-refractivity contribution >= 4 is 11.1 Å². The van der Waals surface area contributed by atoms with E-state index in [1.165, 1.54) is 0 Å². The van der Waals surface area contributed by atoms with Crippen molar-refractivity contribution in [3.8, 4) is 0 Å². The molecule has 0 aliphatic rings. The molecular weight excluding hydrogens is 175 g/mol. The SMILES string of the molecule is Cc1nc(S(=O)[O-])[nH]c1C.[Na+]. The average molecular weight is 182 g/mol. The predicted octanol–water partition coefficient (Wildman–Crippen LogP) is -2.73. The van der Waals surface area contributed by atoms with Gasteiger partial charge in [0, 0.05) is 16.8 Å². The summed E-state index contributed by atoms with van der Waals surface area (Å²) in [4.78, 5) is 6.36. The molecule has 1 heterocycles. The second kappa shape index (κ2) is 4.37. The molecule has 0 saturated heterocycles. The normalized spacial score (nSPS) is 12.3. The van der Waals surface area contributed by atoms with Crippen LogP contribution in [0.5, 0.6) is 0 Å². The molecule has 1 aromatic heterocycles. The van der Waals surface area contributed by atoms with Crippen LogP contribution in [0.4, 0.5) is 0 Å². The summed E-state index contributed by atoms with van der Waals surface area (Å²) in [5.74, 6) is 0. The number of nitrogens with zero attached hydrogens (tertiary/aromatic N) is 1. The van der Waals surface area contributed by atoms with Crippen LogP contribution in [0.1, 0.15) is 11.4 Å². The van der Waals surface area contributed by atoms with Crippen molar-refractivity contribution in [2.24, 2.45) is 0 Å². The van der Waals surface area contributed by atoms with Gasteiger partial charge < -0.3 is 9.54 Å². The standard InChI is InChI=1S/C5H8N2O2S.Na/c1-3-4(2)7-5(6-3)10(8)9;/h1-2H3,(H,6,7)(H,8,9);/q;+1/p-1. The Morgan fingerprint density at radius 2 is 2.09 bits per heavy atom. The van der Waals surface area contributed by atoms with Crippen LogP contribution in [0, 0.1) is 13.8 Å². The first-order chi connectivity index (χ1) is 4.61. The third-order valence-corrected chi connectivity index (χ3v) is 1.77. The molecule has 0 aromatic carbocycles. The summed E-state index contributed by atoms with van der Waals surface area (Å²) in [6.45, 7) is 3.53. The van der Waals surface area contributed by atoms with Crippen LogP contribution < -0.4 is 29.6 Å². The number of H-pyrrole nitrogens is 1. The zero-order valence-electron chi connectivity index (χ0n) is 6.67. The Kier molecular flexibility index (Phi) is 4.50. The predicted molar refractivity (Wildman–Crippen MR) is 35.2 cm³/mol. The van der Waals surface area contributed by atoms with Crippen LogP contribution in [0.25, 0.3) is 0 Å². The monoisotopic (exact) mass is 182 g/mol. The van der Waals surface area contributed by atoms with Crippen LogP contribution >= 0.6 is 0 Å². The molecule has 1 N–H and O–H groups in total. The second-order valence-electron chi connectivity index (χ2n) is 1.99. The maximum atomic E-state index is 10.3. The number of aryl methyl sites for hydroxylation is 2. The summed E-state index contributed by atoms with van der Waals surface area (Å²) in [5.41, 5.74) is 1.51. The molecule has 1 aromatic rings. The fraction of sp³-hybridized carbons (Fsp3) is 0.400. The van der Waals surface area contributed by atoms with Crippen molar-refractivity contribution < 1.29 is 38.3 Å². The minimum Gasteiger partial charge on any atom is -0.766 e. The van der Waals surface area contributed by atoms with Gasteiger partial charge in [-0.15, -0.1) is 0 Å². The van der Waals surface area contributed by atoms with Gasteiger partial charge in [0.25, 0.3) is 0 Å². The zero-order valence-corrected chi connectivity index (χ0v) is 9.49. The summed E-state index contributed by atoms with van der Waals surface area (Å²) in [6, 6.07) is 0. The van der Waals surface area contributed by atoms with E-state index in [0.717, 1.165) is 11.4 Å². The molecule has 1 unspecified atom stereocenters. The second-order valence-corrected chi connectivity index (χ2v) is 2.84. The number of imidazole rings is 1. The van der Waals surface area contributed by atoms with Crippen LogP contribution in [0.3, 0.4) is 0 Å². The number of hydrogen-bond donors (Lipinski definition) is 1. The van der Waals surface area contributed by atoms with Crippen molar-refractivity contribution in [2.75, 3.05) is 0 Å². The third kappa shape index (κ3) is 2.68. The van der Waals surface area contributed by atoms with Crippen molar-refractivity contribution in [1.82, 2.24) is 9.97 Å². The van der Waals surface area contributed by atoms with Crippen molar-refractivity contribution in [1.29, 1.82) is 0 Å². The molecule has 1 rings (SSSR count). The van der Waals surface area contributed by atoms with Gasteiger partial charge in [0.1, 0.15) is 0 Å². The van der Waals surface area contributed by atoms with Gasteiger partial charge in [0.05, 0.1) is 5.69 Å². The van der Waals surface area contributed by atoms with Gasteiger partial charge in [-0.05, 0) is 13.8 Å². The Balaban J connectivity index is 0.000001000. The first-order valence-corrected chi connectivity index (χ1v) is 3.81. The van der Waals surface area contributed by atoms with Crippen LogP contribution in [-0.2, 0) is 11.1 Å². The van der Waals surface area contributed by atoms with E-state index in [1.54, 1.807) is 13.8 Å². The van der Waals surface area contributed by atoms with Gasteiger partial charge in [-0.3, -0.25) is 4.21 Å². The van der Waals surface area contributed by atoms with Gasteiger partial charge in [0.2, 0.25) is 0 Å². The molecule has 0 saturated carbocycles. The van der Waals surface area contributed by atoms with Crippen molar-refractivity contribution in [2.45, 2.75) is 19.0 Å². The fourth-order valence-corrected chi connectivity index (χ4v) is 1.04. The summed E-state index contributed by atoms with van der Waals surface area (Å²) >= 11 is -2.24. The summed E-state index contributed by atoms with van der Waals surface area (Å²) in [6.07, 6.45) is 0. The van der Waals surface area contributed by atoms with E-state index in [0.29, 0.717) is 0 Å². The molecular formula is C5H7N2NaO2S. The van der Waals surface area contributed by atoms with Gasteiger partial charge in [-0.2, -0.15) is 0 Å². The topological polar surface area (TPSA) is 68.8 Å². The van der Waals surface area contributed by atoms with E-state index in [9.17, 15) is 8.76 Å². The van der Waals surface area contributed by atoms with Crippen LogP contribution in [-0.4, -0.2) is 18.7 Å². The molecule has 0 spiro atoms. The maximum Gasteiger partial charge on any atom is 1.00 e. The molecule has 0 aliphatic carbocycles. The Morgan fingerprint density at radius 3 is 2.27 bits per heavy atom. The summed E-state index contributed by atoms with van der Waals surface area (Å²) < 4.78 is 20.5. The minimum atomic E-state index is -2.24. The van der Waals surface area contributed by atoms with Gasteiger partial charge in [-0.25, -0.2) is 4.98 Å². The molecule has 4 nitrogen and oxygen atoms in total. The number of rotatable bonds is 1. The summed E-state index contributed by atoms with van der Waals surface area (Å²) in [5, 5.41) is 0.00926. The zero-order chi connectivity index (χ0) is 7.72. The number of aromatic amines is 1. The number of hydrogen-bond acceptors (Lipinski definition) is 3. The largest absolute Gasteiger partial charge is 1.00 e. The molecule has 1 atom stereocenters. The van der Waals surface area contributed by atoms with E-state index in [2.05, 4.69) is 9.97 Å². The molecule has 0 fully saturated rings. The first kappa shape index (κ1) is 11.3. The van der Waals surface area contributed by atoms with Gasteiger partial charge in [0.15, 0.2) is 5.16 Å². The molecule has 6 heteroatoms. The maximum absolute atomic E-state index is 10.3. The Bertz CT molecular complexity index is 254. The van der Waals surface area contributed by atoms with Gasteiger partial charge >= 0.3 is 29.6 Å². The summed E-state index contributed by atoms with van der Waals surface area (Å²) in [7, 11) is 0. The fourth-order valence-electron chi connectivity index (χ4n) is 0.594. The van der Waals surface area contributed by atoms with Crippen LogP contribution in [0.15, 0.2) is 5.16 Å². The number of nitrogens with one attached hydrogen (secondary N) is 1. The average Bonchev–Trinajstić information content (AvgIpc) is 2.13. The molecule has 56 valence electrons. The first-order valence-electron chi connectivity index (χ1n) is 2.73. The Morgan fingerprint density at radius 1 is 1.55 bits per heavy atom. The van der Waals surface area contributed by atoms with Crippen molar-refractivity contribution in [3.05, 3.63) is 11.4 Å². The van der Waals surface area contributed by atoms with Crippen molar-refractivity contribution in [3.63, 3.8) is 0 Å². The molecule has 11 heavy (non-hydrogen) atoms. The minimum absolute atomic E-state index is 0. The van der Waals surface area contributed by atoms with Gasteiger partial charge in [-0.1, -0.05) is 0 Å². The van der Waals surface area contributed by atoms with Crippen LogP contribution in [0.2, 0.25) is 0 Å². The Labute approximate surface area is 89.4 Å². The van der Waals surface area contributed by atoms with E-state index in [4.69, 9.17) is 0 Å². The third-order valence-electron chi connectivity index (χ3n) is 1.26. The smallest absolute Gasteiger partial charge is 0.766 e.